The fraction of sp³-hybridized carbons (Fsp3) is 0.464. The molecule has 5 heteroatoms. The Labute approximate surface area is 194 Å². The van der Waals surface area contributed by atoms with Gasteiger partial charge in [0.15, 0.2) is 0 Å². The Morgan fingerprint density at radius 3 is 2.39 bits per heavy atom. The van der Waals surface area contributed by atoms with Gasteiger partial charge in [-0.2, -0.15) is 0 Å². The number of benzene rings is 1. The zero-order valence-electron chi connectivity index (χ0n) is 20.5. The van der Waals surface area contributed by atoms with Crippen molar-refractivity contribution in [3.05, 3.63) is 60.9 Å². The fourth-order valence-corrected chi connectivity index (χ4v) is 6.48. The van der Waals surface area contributed by atoms with Gasteiger partial charge in [-0.1, -0.05) is 6.92 Å². The van der Waals surface area contributed by atoms with Crippen LogP contribution in [0, 0.1) is 20.8 Å². The number of pyridine rings is 2. The second-order valence-electron chi connectivity index (χ2n) is 10.6. The monoisotopic (exact) mass is 441 g/mol. The fourth-order valence-electron chi connectivity index (χ4n) is 6.48. The van der Waals surface area contributed by atoms with Gasteiger partial charge < -0.3 is 4.57 Å². The van der Waals surface area contributed by atoms with Crippen LogP contribution in [0.5, 0.6) is 0 Å². The molecule has 2 aliphatic heterocycles. The first-order chi connectivity index (χ1) is 15.7. The molecule has 0 fully saturated rings. The van der Waals surface area contributed by atoms with Crippen LogP contribution in [0.4, 0.5) is 0 Å². The number of carbonyl (C=O) groups excluding carboxylic acids is 1. The molecule has 0 bridgehead atoms. The second kappa shape index (κ2) is 6.63. The van der Waals surface area contributed by atoms with Crippen LogP contribution in [0.25, 0.3) is 22.3 Å². The van der Waals surface area contributed by atoms with Crippen LogP contribution < -0.4 is 5.56 Å². The van der Waals surface area contributed by atoms with E-state index in [4.69, 9.17) is 4.98 Å². The second-order valence-corrected chi connectivity index (χ2v) is 10.6. The van der Waals surface area contributed by atoms with Gasteiger partial charge in [-0.3, -0.25) is 14.5 Å². The molecule has 5 nitrogen and oxygen atoms in total. The molecule has 0 unspecified atom stereocenters. The third kappa shape index (κ3) is 2.49. The molecular formula is C28H31N3O2. The summed E-state index contributed by atoms with van der Waals surface area (Å²) in [6.45, 7) is 13.0. The number of nitrogens with zero attached hydrogens (tertiary/aromatic N) is 3. The Hall–Kier alpha value is -2.79. The Morgan fingerprint density at radius 1 is 0.939 bits per heavy atom. The molecule has 0 N–H and O–H groups in total. The molecule has 0 radical (unpaired) electrons. The first-order valence-electron chi connectivity index (χ1n) is 12.1. The first-order valence-corrected chi connectivity index (χ1v) is 12.1. The molecule has 0 spiro atoms. The highest BCUT2D eigenvalue weighted by molar-refractivity contribution is 5.96. The maximum Gasteiger partial charge on any atom is 0.254 e. The summed E-state index contributed by atoms with van der Waals surface area (Å²) in [4.78, 5) is 34.2. The van der Waals surface area contributed by atoms with E-state index in [0.29, 0.717) is 25.8 Å². The van der Waals surface area contributed by atoms with Crippen molar-refractivity contribution >= 4 is 16.7 Å². The Balaban J connectivity index is 1.71. The number of hydrogen-bond donors (Lipinski definition) is 0. The van der Waals surface area contributed by atoms with Gasteiger partial charge in [0.05, 0.1) is 28.9 Å². The lowest BCUT2D eigenvalue weighted by atomic mass is 9.69. The number of Topliss-reactive ketones (excluding diaryl/α,β-unsaturated/α-hetero) is 1. The standard InChI is InChI=1S/C28H31N3O2/c1-7-28(5)21-10-22-26-20(13-31(22)27(33)17(21)8-9-23(28)32)19-12-30(6)11-18-15(3)14(2)16(4)25(29-26)24(18)19/h10H,7-9,11-13H2,1-6H3/t28-/m1/s1. The lowest BCUT2D eigenvalue weighted by Gasteiger charge is -2.33. The normalized spacial score (nSPS) is 21.3. The van der Waals surface area contributed by atoms with Crippen molar-refractivity contribution in [2.45, 2.75) is 78.9 Å². The van der Waals surface area contributed by atoms with Crippen molar-refractivity contribution in [2.24, 2.45) is 0 Å². The van der Waals surface area contributed by atoms with E-state index >= 15 is 0 Å². The molecule has 1 aliphatic carbocycles. The number of rotatable bonds is 1. The largest absolute Gasteiger partial charge is 0.302 e. The molecule has 0 amide bonds. The highest BCUT2D eigenvalue weighted by Crippen LogP contribution is 2.44. The van der Waals surface area contributed by atoms with E-state index in [1.807, 2.05) is 18.4 Å². The van der Waals surface area contributed by atoms with E-state index in [2.05, 4.69) is 38.8 Å². The van der Waals surface area contributed by atoms with Crippen LogP contribution in [-0.2, 0) is 36.3 Å². The molecule has 4 heterocycles. The summed E-state index contributed by atoms with van der Waals surface area (Å²) < 4.78 is 1.92. The molecule has 33 heavy (non-hydrogen) atoms. The molecule has 3 aliphatic rings. The predicted molar refractivity (Wildman–Crippen MR) is 131 cm³/mol. The quantitative estimate of drug-likeness (QED) is 0.437. The SMILES string of the molecule is CC[C@@]1(C)C(=O)CCc2c1cc1n(c2=O)Cc2c-1nc1c(C)c(C)c(C)c3c1c2CN(C)C3. The molecule has 0 saturated carbocycles. The average molecular weight is 442 g/mol. The van der Waals surface area contributed by atoms with E-state index in [0.717, 1.165) is 41.1 Å². The Kier molecular flexibility index (Phi) is 4.18. The van der Waals surface area contributed by atoms with E-state index in [9.17, 15) is 9.59 Å². The Bertz CT molecular complexity index is 1480. The molecule has 6 rings (SSSR count). The van der Waals surface area contributed by atoms with E-state index in [1.54, 1.807) is 0 Å². The lowest BCUT2D eigenvalue weighted by molar-refractivity contribution is -0.124. The number of carbonyl (C=O) groups is 1. The minimum absolute atomic E-state index is 0.0670. The van der Waals surface area contributed by atoms with Crippen molar-refractivity contribution in [1.82, 2.24) is 14.5 Å². The summed E-state index contributed by atoms with van der Waals surface area (Å²) in [5.74, 6) is 0.245. The van der Waals surface area contributed by atoms with Crippen LogP contribution in [0.2, 0.25) is 0 Å². The molecule has 1 atom stereocenters. The summed E-state index contributed by atoms with van der Waals surface area (Å²) in [5.41, 5.74) is 11.9. The van der Waals surface area contributed by atoms with Gasteiger partial charge >= 0.3 is 0 Å². The van der Waals surface area contributed by atoms with Gasteiger partial charge in [-0.25, -0.2) is 4.98 Å². The molecule has 1 aromatic carbocycles. The van der Waals surface area contributed by atoms with Crippen LogP contribution in [0.1, 0.15) is 71.2 Å². The molecule has 0 saturated heterocycles. The van der Waals surface area contributed by atoms with Gasteiger partial charge in [-0.05, 0) is 87.0 Å². The van der Waals surface area contributed by atoms with Crippen LogP contribution in [0.3, 0.4) is 0 Å². The summed E-state index contributed by atoms with van der Waals surface area (Å²) in [6.07, 6.45) is 1.71. The molecular weight excluding hydrogens is 410 g/mol. The summed E-state index contributed by atoms with van der Waals surface area (Å²) >= 11 is 0. The summed E-state index contributed by atoms with van der Waals surface area (Å²) in [7, 11) is 2.17. The van der Waals surface area contributed by atoms with Crippen LogP contribution in [0.15, 0.2) is 10.9 Å². The third-order valence-electron chi connectivity index (χ3n) is 8.98. The van der Waals surface area contributed by atoms with Crippen molar-refractivity contribution in [3.8, 4) is 11.4 Å². The molecule has 3 aromatic rings. The van der Waals surface area contributed by atoms with Crippen molar-refractivity contribution < 1.29 is 4.79 Å². The summed E-state index contributed by atoms with van der Waals surface area (Å²) in [6, 6.07) is 2.12. The lowest BCUT2D eigenvalue weighted by Crippen LogP contribution is -2.41. The average Bonchev–Trinajstić information content (AvgIpc) is 3.17. The van der Waals surface area contributed by atoms with Gasteiger partial charge in [0.1, 0.15) is 5.78 Å². The van der Waals surface area contributed by atoms with E-state index in [1.165, 1.54) is 38.8 Å². The van der Waals surface area contributed by atoms with Gasteiger partial charge in [0, 0.05) is 36.0 Å². The van der Waals surface area contributed by atoms with Crippen LogP contribution in [-0.4, -0.2) is 27.3 Å². The highest BCUT2D eigenvalue weighted by atomic mass is 16.1. The maximum absolute atomic E-state index is 13.7. The van der Waals surface area contributed by atoms with Gasteiger partial charge in [0.25, 0.3) is 5.56 Å². The number of hydrogen-bond acceptors (Lipinski definition) is 4. The number of aryl methyl sites for hydroxylation is 1. The minimum atomic E-state index is -0.590. The Morgan fingerprint density at radius 2 is 1.67 bits per heavy atom. The maximum atomic E-state index is 13.7. The topological polar surface area (TPSA) is 55.2 Å². The summed E-state index contributed by atoms with van der Waals surface area (Å²) in [5, 5.41) is 1.30. The third-order valence-corrected chi connectivity index (χ3v) is 8.98. The first kappa shape index (κ1) is 20.8. The zero-order valence-corrected chi connectivity index (χ0v) is 20.5. The van der Waals surface area contributed by atoms with Crippen molar-refractivity contribution in [3.63, 3.8) is 0 Å². The number of ketones is 1. The molecule has 2 aromatic heterocycles. The predicted octanol–water partition coefficient (Wildman–Crippen LogP) is 4.48. The van der Waals surface area contributed by atoms with E-state index in [-0.39, 0.29) is 11.3 Å². The number of fused-ring (bicyclic) bond motifs is 5. The van der Waals surface area contributed by atoms with Crippen LogP contribution >= 0.6 is 0 Å². The minimum Gasteiger partial charge on any atom is -0.302 e. The van der Waals surface area contributed by atoms with E-state index < -0.39 is 5.41 Å². The number of aromatic nitrogens is 2. The highest BCUT2D eigenvalue weighted by Gasteiger charge is 2.41. The van der Waals surface area contributed by atoms with Gasteiger partial charge in [0.2, 0.25) is 0 Å². The zero-order chi connectivity index (χ0) is 23.4. The molecule has 170 valence electrons. The van der Waals surface area contributed by atoms with Crippen molar-refractivity contribution in [2.75, 3.05) is 7.05 Å². The van der Waals surface area contributed by atoms with Crippen molar-refractivity contribution in [1.29, 1.82) is 0 Å². The van der Waals surface area contributed by atoms with Gasteiger partial charge in [-0.15, -0.1) is 0 Å². The smallest absolute Gasteiger partial charge is 0.254 e.